The Labute approximate surface area is 105 Å². The zero-order chi connectivity index (χ0) is 11.3. The van der Waals surface area contributed by atoms with Crippen LogP contribution < -0.4 is 10.5 Å². The highest BCUT2D eigenvalue weighted by atomic mass is 127. The molecule has 0 aliphatic rings. The van der Waals surface area contributed by atoms with Gasteiger partial charge in [0.25, 0.3) is 0 Å². The molecule has 0 amide bonds. The molecule has 0 fully saturated rings. The van der Waals surface area contributed by atoms with E-state index < -0.39 is 0 Å². The zero-order valence-corrected chi connectivity index (χ0v) is 11.5. The molecule has 1 rings (SSSR count). The second kappa shape index (κ2) is 6.33. The maximum atomic E-state index is 6.00. The van der Waals surface area contributed by atoms with Gasteiger partial charge in [-0.15, -0.1) is 0 Å². The molecule has 0 heterocycles. The van der Waals surface area contributed by atoms with Crippen LogP contribution in [0.15, 0.2) is 18.2 Å². The molecule has 0 aliphatic heterocycles. The van der Waals surface area contributed by atoms with Crippen LogP contribution in [-0.4, -0.2) is 6.61 Å². The van der Waals surface area contributed by atoms with Crippen LogP contribution in [-0.2, 0) is 0 Å². The standard InChI is InChI=1S/C12H18INO/c1-3-7-15-9-5-6-10(11(13)8-9)12(14)4-2/h5-6,8,12H,3-4,7,14H2,1-2H3/t12-/m1/s1. The van der Waals surface area contributed by atoms with E-state index >= 15 is 0 Å². The Kier molecular flexibility index (Phi) is 5.39. The van der Waals surface area contributed by atoms with Gasteiger partial charge in [0.1, 0.15) is 5.75 Å². The van der Waals surface area contributed by atoms with Crippen molar-refractivity contribution >= 4 is 22.6 Å². The Morgan fingerprint density at radius 3 is 2.67 bits per heavy atom. The number of hydrogen-bond acceptors (Lipinski definition) is 2. The summed E-state index contributed by atoms with van der Waals surface area (Å²) in [4.78, 5) is 0. The minimum atomic E-state index is 0.136. The number of hydrogen-bond donors (Lipinski definition) is 1. The van der Waals surface area contributed by atoms with E-state index in [0.29, 0.717) is 0 Å². The van der Waals surface area contributed by atoms with Crippen molar-refractivity contribution in [2.24, 2.45) is 5.73 Å². The van der Waals surface area contributed by atoms with E-state index in [1.54, 1.807) is 0 Å². The highest BCUT2D eigenvalue weighted by Gasteiger charge is 2.08. The smallest absolute Gasteiger partial charge is 0.120 e. The minimum absolute atomic E-state index is 0.136. The number of nitrogens with two attached hydrogens (primary N) is 1. The summed E-state index contributed by atoms with van der Waals surface area (Å²) in [7, 11) is 0. The van der Waals surface area contributed by atoms with Gasteiger partial charge in [-0.2, -0.15) is 0 Å². The van der Waals surface area contributed by atoms with Gasteiger partial charge in [-0.1, -0.05) is 19.9 Å². The summed E-state index contributed by atoms with van der Waals surface area (Å²) in [5.41, 5.74) is 7.21. The van der Waals surface area contributed by atoms with Crippen LogP contribution in [0.3, 0.4) is 0 Å². The summed E-state index contributed by atoms with van der Waals surface area (Å²) in [6, 6.07) is 6.27. The highest BCUT2D eigenvalue weighted by molar-refractivity contribution is 14.1. The minimum Gasteiger partial charge on any atom is -0.494 e. The molecule has 3 heteroatoms. The molecule has 0 aliphatic carbocycles. The van der Waals surface area contributed by atoms with Gasteiger partial charge >= 0.3 is 0 Å². The van der Waals surface area contributed by atoms with Crippen LogP contribution in [0.4, 0.5) is 0 Å². The summed E-state index contributed by atoms with van der Waals surface area (Å²) < 4.78 is 6.75. The van der Waals surface area contributed by atoms with E-state index in [2.05, 4.69) is 48.6 Å². The third kappa shape index (κ3) is 3.65. The summed E-state index contributed by atoms with van der Waals surface area (Å²) >= 11 is 2.32. The van der Waals surface area contributed by atoms with Gasteiger partial charge in [0.05, 0.1) is 6.61 Å². The molecule has 2 N–H and O–H groups in total. The largest absolute Gasteiger partial charge is 0.494 e. The average molecular weight is 319 g/mol. The summed E-state index contributed by atoms with van der Waals surface area (Å²) in [5.74, 6) is 0.938. The molecule has 84 valence electrons. The summed E-state index contributed by atoms with van der Waals surface area (Å²) in [6.07, 6.45) is 2.00. The van der Waals surface area contributed by atoms with Crippen molar-refractivity contribution in [2.45, 2.75) is 32.7 Å². The SMILES string of the molecule is CCCOc1ccc([C@H](N)CC)c(I)c1. The van der Waals surface area contributed by atoms with Crippen molar-refractivity contribution in [1.29, 1.82) is 0 Å². The Morgan fingerprint density at radius 2 is 2.13 bits per heavy atom. The topological polar surface area (TPSA) is 35.2 Å². The fourth-order valence-corrected chi connectivity index (χ4v) is 2.22. The molecule has 0 bridgehead atoms. The molecule has 0 aromatic heterocycles. The van der Waals surface area contributed by atoms with Gasteiger partial charge in [0, 0.05) is 9.61 Å². The van der Waals surface area contributed by atoms with Crippen LogP contribution in [0.5, 0.6) is 5.75 Å². The monoisotopic (exact) mass is 319 g/mol. The van der Waals surface area contributed by atoms with Gasteiger partial charge in [0.2, 0.25) is 0 Å². The fraction of sp³-hybridized carbons (Fsp3) is 0.500. The lowest BCUT2D eigenvalue weighted by Gasteiger charge is -2.13. The van der Waals surface area contributed by atoms with Gasteiger partial charge in [0.15, 0.2) is 0 Å². The van der Waals surface area contributed by atoms with Crippen molar-refractivity contribution in [3.63, 3.8) is 0 Å². The summed E-state index contributed by atoms with van der Waals surface area (Å²) in [5, 5.41) is 0. The molecule has 0 spiro atoms. The van der Waals surface area contributed by atoms with Gasteiger partial charge in [-0.3, -0.25) is 0 Å². The van der Waals surface area contributed by atoms with E-state index in [0.717, 1.165) is 25.2 Å². The quantitative estimate of drug-likeness (QED) is 0.843. The average Bonchev–Trinajstić information content (AvgIpc) is 2.25. The van der Waals surface area contributed by atoms with Crippen molar-refractivity contribution in [3.8, 4) is 5.75 Å². The highest BCUT2D eigenvalue weighted by Crippen LogP contribution is 2.25. The second-order valence-corrected chi connectivity index (χ2v) is 4.71. The van der Waals surface area contributed by atoms with Crippen molar-refractivity contribution in [3.05, 3.63) is 27.3 Å². The first-order chi connectivity index (χ1) is 7.19. The van der Waals surface area contributed by atoms with Crippen LogP contribution in [0.2, 0.25) is 0 Å². The Morgan fingerprint density at radius 1 is 1.40 bits per heavy atom. The zero-order valence-electron chi connectivity index (χ0n) is 9.29. The third-order valence-corrected chi connectivity index (χ3v) is 3.22. The molecular weight excluding hydrogens is 301 g/mol. The molecule has 1 aromatic carbocycles. The van der Waals surface area contributed by atoms with Crippen molar-refractivity contribution < 1.29 is 4.74 Å². The van der Waals surface area contributed by atoms with Crippen LogP contribution in [0.1, 0.15) is 38.3 Å². The maximum absolute atomic E-state index is 6.00. The van der Waals surface area contributed by atoms with Crippen LogP contribution in [0, 0.1) is 3.57 Å². The van der Waals surface area contributed by atoms with Crippen LogP contribution in [0.25, 0.3) is 0 Å². The number of rotatable bonds is 5. The van der Waals surface area contributed by atoms with Gasteiger partial charge in [-0.05, 0) is 53.1 Å². The lowest BCUT2D eigenvalue weighted by atomic mass is 10.1. The first-order valence-corrected chi connectivity index (χ1v) is 6.44. The molecule has 0 unspecified atom stereocenters. The van der Waals surface area contributed by atoms with E-state index in [9.17, 15) is 0 Å². The Bertz CT molecular complexity index is 314. The molecule has 0 saturated heterocycles. The summed E-state index contributed by atoms with van der Waals surface area (Å²) in [6.45, 7) is 4.98. The second-order valence-electron chi connectivity index (χ2n) is 3.55. The Hall–Kier alpha value is -0.290. The van der Waals surface area contributed by atoms with E-state index in [1.807, 2.05) is 6.07 Å². The van der Waals surface area contributed by atoms with E-state index in [4.69, 9.17) is 10.5 Å². The number of benzene rings is 1. The maximum Gasteiger partial charge on any atom is 0.120 e. The molecular formula is C12H18INO. The molecule has 1 aromatic rings. The molecule has 0 saturated carbocycles. The number of ether oxygens (including phenoxy) is 1. The lowest BCUT2D eigenvalue weighted by Crippen LogP contribution is -2.10. The molecule has 0 radical (unpaired) electrons. The predicted molar refractivity (Wildman–Crippen MR) is 72.2 cm³/mol. The normalized spacial score (nSPS) is 12.5. The predicted octanol–water partition coefficient (Wildman–Crippen LogP) is 3.49. The fourth-order valence-electron chi connectivity index (χ4n) is 1.34. The third-order valence-electron chi connectivity index (χ3n) is 2.28. The Balaban J connectivity index is 2.78. The van der Waals surface area contributed by atoms with E-state index in [1.165, 1.54) is 9.13 Å². The van der Waals surface area contributed by atoms with Crippen LogP contribution >= 0.6 is 22.6 Å². The lowest BCUT2D eigenvalue weighted by molar-refractivity contribution is 0.317. The van der Waals surface area contributed by atoms with Crippen molar-refractivity contribution in [1.82, 2.24) is 0 Å². The first kappa shape index (κ1) is 12.8. The van der Waals surface area contributed by atoms with E-state index in [-0.39, 0.29) is 6.04 Å². The van der Waals surface area contributed by atoms with Gasteiger partial charge < -0.3 is 10.5 Å². The van der Waals surface area contributed by atoms with Gasteiger partial charge in [-0.25, -0.2) is 0 Å². The van der Waals surface area contributed by atoms with Crippen molar-refractivity contribution in [2.75, 3.05) is 6.61 Å². The number of halogens is 1. The molecule has 2 nitrogen and oxygen atoms in total. The molecule has 1 atom stereocenters. The molecule has 15 heavy (non-hydrogen) atoms. The first-order valence-electron chi connectivity index (χ1n) is 5.36.